The molecule has 0 N–H and O–H groups in total. The number of nitrogens with zero attached hydrogens (tertiary/aromatic N) is 2. The van der Waals surface area contributed by atoms with Gasteiger partial charge < -0.3 is 14.4 Å². The first-order valence-electron chi connectivity index (χ1n) is 9.49. The van der Waals surface area contributed by atoms with Crippen LogP contribution in [0.2, 0.25) is 25.7 Å². The summed E-state index contributed by atoms with van der Waals surface area (Å²) in [5, 5.41) is 0. The minimum Gasteiger partial charge on any atom is -0.466 e. The van der Waals surface area contributed by atoms with Crippen molar-refractivity contribution in [3.8, 4) is 5.75 Å². The molecule has 3 rings (SSSR count). The second-order valence-electron chi connectivity index (χ2n) is 8.48. The van der Waals surface area contributed by atoms with Crippen LogP contribution >= 0.6 is 0 Å². The van der Waals surface area contributed by atoms with Gasteiger partial charge in [-0.05, 0) is 30.7 Å². The monoisotopic (exact) mass is 400 g/mol. The summed E-state index contributed by atoms with van der Waals surface area (Å²) in [6.45, 7) is 15.5. The summed E-state index contributed by atoms with van der Waals surface area (Å²) in [6.07, 6.45) is 1.80. The molecular formula is C21H28N2O4Si. The van der Waals surface area contributed by atoms with Crippen molar-refractivity contribution in [2.24, 2.45) is 0 Å². The first-order chi connectivity index (χ1) is 13.2. The van der Waals surface area contributed by atoms with Gasteiger partial charge in [0.2, 0.25) is 0 Å². The Bertz CT molecular complexity index is 815. The van der Waals surface area contributed by atoms with Crippen LogP contribution in [0.15, 0.2) is 43.2 Å². The van der Waals surface area contributed by atoms with E-state index in [1.54, 1.807) is 28.0 Å². The van der Waals surface area contributed by atoms with Gasteiger partial charge in [0.05, 0.1) is 17.5 Å². The SMILES string of the molecule is C=COc1ccc2c(c1)C(=O)N1CC(=C)C[C@H]1C(=O)N2COCC[Si](C)(C)C. The topological polar surface area (TPSA) is 59.1 Å². The number of ether oxygens (including phenoxy) is 2. The van der Waals surface area contributed by atoms with Gasteiger partial charge in [0.25, 0.3) is 11.8 Å². The van der Waals surface area contributed by atoms with Gasteiger partial charge in [0.1, 0.15) is 18.5 Å². The second kappa shape index (κ2) is 7.93. The van der Waals surface area contributed by atoms with Gasteiger partial charge in [0, 0.05) is 21.2 Å². The molecule has 1 atom stereocenters. The van der Waals surface area contributed by atoms with E-state index in [1.165, 1.54) is 6.26 Å². The second-order valence-corrected chi connectivity index (χ2v) is 14.1. The lowest BCUT2D eigenvalue weighted by molar-refractivity contribution is -0.123. The summed E-state index contributed by atoms with van der Waals surface area (Å²) in [4.78, 5) is 29.6. The summed E-state index contributed by atoms with van der Waals surface area (Å²) in [5.74, 6) is 0.188. The molecule has 0 bridgehead atoms. The van der Waals surface area contributed by atoms with E-state index in [4.69, 9.17) is 9.47 Å². The van der Waals surface area contributed by atoms with Crippen molar-refractivity contribution in [2.75, 3.05) is 24.8 Å². The molecule has 1 saturated heterocycles. The smallest absolute Gasteiger partial charge is 0.257 e. The Morgan fingerprint density at radius 2 is 2.04 bits per heavy atom. The van der Waals surface area contributed by atoms with Crippen molar-refractivity contribution in [2.45, 2.75) is 38.1 Å². The molecule has 1 fully saturated rings. The summed E-state index contributed by atoms with van der Waals surface area (Å²) in [5.41, 5.74) is 1.87. The Balaban J connectivity index is 1.92. The number of amides is 2. The molecule has 7 heteroatoms. The molecule has 2 amide bonds. The molecule has 150 valence electrons. The Labute approximate surface area is 167 Å². The summed E-state index contributed by atoms with van der Waals surface area (Å²) in [7, 11) is -1.23. The number of anilines is 1. The van der Waals surface area contributed by atoms with Crippen molar-refractivity contribution in [1.82, 2.24) is 4.90 Å². The van der Waals surface area contributed by atoms with Crippen LogP contribution in [0, 0.1) is 0 Å². The molecule has 1 aromatic carbocycles. The van der Waals surface area contributed by atoms with Gasteiger partial charge in [-0.15, -0.1) is 0 Å². The van der Waals surface area contributed by atoms with E-state index >= 15 is 0 Å². The highest BCUT2D eigenvalue weighted by molar-refractivity contribution is 6.76. The van der Waals surface area contributed by atoms with E-state index in [-0.39, 0.29) is 18.5 Å². The van der Waals surface area contributed by atoms with E-state index < -0.39 is 14.1 Å². The molecule has 0 aromatic heterocycles. The van der Waals surface area contributed by atoms with Crippen molar-refractivity contribution < 1.29 is 19.1 Å². The molecule has 0 spiro atoms. The maximum atomic E-state index is 13.3. The fourth-order valence-corrected chi connectivity index (χ4v) is 4.20. The van der Waals surface area contributed by atoms with Crippen molar-refractivity contribution in [3.63, 3.8) is 0 Å². The Morgan fingerprint density at radius 3 is 2.71 bits per heavy atom. The van der Waals surface area contributed by atoms with Crippen LogP contribution in [0.1, 0.15) is 16.8 Å². The third-order valence-corrected chi connectivity index (χ3v) is 6.69. The quantitative estimate of drug-likeness (QED) is 0.303. The molecule has 1 aromatic rings. The van der Waals surface area contributed by atoms with Gasteiger partial charge in [-0.2, -0.15) is 0 Å². The number of fused-ring (bicyclic) bond motifs is 2. The maximum absolute atomic E-state index is 13.3. The zero-order valence-corrected chi connectivity index (χ0v) is 17.9. The molecule has 2 heterocycles. The van der Waals surface area contributed by atoms with E-state index in [9.17, 15) is 9.59 Å². The Morgan fingerprint density at radius 1 is 1.29 bits per heavy atom. The molecule has 2 aliphatic rings. The van der Waals surface area contributed by atoms with Crippen LogP contribution in [0.25, 0.3) is 0 Å². The standard InChI is InChI=1S/C21H28N2O4Si/c1-6-27-16-7-8-18-17(12-16)20(24)22-13-15(2)11-19(22)21(25)23(18)14-26-9-10-28(3,4)5/h6-8,12,19H,1-2,9-11,13-14H2,3-5H3/t19-/m0/s1. The van der Waals surface area contributed by atoms with Gasteiger partial charge in [-0.3, -0.25) is 14.5 Å². The number of rotatable bonds is 7. The highest BCUT2D eigenvalue weighted by atomic mass is 28.3. The normalized spacial score (nSPS) is 19.4. The average molecular weight is 401 g/mol. The molecule has 0 radical (unpaired) electrons. The third-order valence-electron chi connectivity index (χ3n) is 4.99. The predicted molar refractivity (Wildman–Crippen MR) is 112 cm³/mol. The highest BCUT2D eigenvalue weighted by Crippen LogP contribution is 2.35. The first kappa shape index (κ1) is 20.4. The number of benzene rings is 1. The Hall–Kier alpha value is -2.38. The molecular weight excluding hydrogens is 372 g/mol. The largest absolute Gasteiger partial charge is 0.466 e. The van der Waals surface area contributed by atoms with Crippen LogP contribution in [-0.4, -0.2) is 50.7 Å². The van der Waals surface area contributed by atoms with Crippen LogP contribution < -0.4 is 9.64 Å². The Kier molecular flexibility index (Phi) is 5.76. The molecule has 2 aliphatic heterocycles. The fraction of sp³-hybridized carbons (Fsp3) is 0.429. The molecule has 0 unspecified atom stereocenters. The van der Waals surface area contributed by atoms with Crippen molar-refractivity contribution in [3.05, 3.63) is 48.8 Å². The van der Waals surface area contributed by atoms with Gasteiger partial charge in [-0.25, -0.2) is 0 Å². The molecule has 28 heavy (non-hydrogen) atoms. The van der Waals surface area contributed by atoms with Crippen molar-refractivity contribution >= 4 is 25.6 Å². The lowest BCUT2D eigenvalue weighted by atomic mass is 10.1. The lowest BCUT2D eigenvalue weighted by Gasteiger charge is -2.26. The summed E-state index contributed by atoms with van der Waals surface area (Å²) >= 11 is 0. The highest BCUT2D eigenvalue weighted by Gasteiger charge is 2.43. The summed E-state index contributed by atoms with van der Waals surface area (Å²) < 4.78 is 11.2. The first-order valence-corrected chi connectivity index (χ1v) is 13.2. The molecule has 6 nitrogen and oxygen atoms in total. The predicted octanol–water partition coefficient (Wildman–Crippen LogP) is 3.64. The van der Waals surface area contributed by atoms with E-state index in [1.807, 2.05) is 0 Å². The zero-order valence-electron chi connectivity index (χ0n) is 16.9. The van der Waals surface area contributed by atoms with Crippen molar-refractivity contribution in [1.29, 1.82) is 0 Å². The maximum Gasteiger partial charge on any atom is 0.257 e. The van der Waals surface area contributed by atoms with Crippen LogP contribution in [0.5, 0.6) is 5.75 Å². The van der Waals surface area contributed by atoms with E-state index in [2.05, 4.69) is 32.8 Å². The number of hydrogen-bond acceptors (Lipinski definition) is 4. The van der Waals surface area contributed by atoms with E-state index in [0.717, 1.165) is 11.6 Å². The number of carbonyl (C=O) groups excluding carboxylic acids is 2. The van der Waals surface area contributed by atoms with E-state index in [0.29, 0.717) is 36.6 Å². The minimum atomic E-state index is -1.23. The minimum absolute atomic E-state index is 0.127. The zero-order chi connectivity index (χ0) is 20.5. The van der Waals surface area contributed by atoms with Crippen LogP contribution in [0.3, 0.4) is 0 Å². The third kappa shape index (κ3) is 4.20. The lowest BCUT2D eigenvalue weighted by Crippen LogP contribution is -2.45. The summed E-state index contributed by atoms with van der Waals surface area (Å²) in [6, 6.07) is 5.61. The van der Waals surface area contributed by atoms with Gasteiger partial charge in [-0.1, -0.05) is 38.4 Å². The average Bonchev–Trinajstić information content (AvgIpc) is 2.99. The fourth-order valence-electron chi connectivity index (χ4n) is 3.45. The van der Waals surface area contributed by atoms with Crippen LogP contribution in [-0.2, 0) is 9.53 Å². The van der Waals surface area contributed by atoms with Gasteiger partial charge in [0.15, 0.2) is 0 Å². The van der Waals surface area contributed by atoms with Crippen LogP contribution in [0.4, 0.5) is 5.69 Å². The molecule has 0 saturated carbocycles. The van der Waals surface area contributed by atoms with Gasteiger partial charge >= 0.3 is 0 Å². The molecule has 0 aliphatic carbocycles. The number of hydrogen-bond donors (Lipinski definition) is 0. The number of carbonyl (C=O) groups is 2.